The summed E-state index contributed by atoms with van der Waals surface area (Å²) in [4.78, 5) is 3.90. The lowest BCUT2D eigenvalue weighted by atomic mass is 10.3. The van der Waals surface area contributed by atoms with Crippen molar-refractivity contribution in [3.8, 4) is 0 Å². The standard InChI is InChI=1S/C8H12N4/c1-10-8(9)12-6-7-2-4-11-5-3-7/h2-5H,6H2,1H3,(H3,9,10,12). The highest BCUT2D eigenvalue weighted by molar-refractivity contribution is 5.75. The number of hydrogen-bond acceptors (Lipinski definition) is 2. The summed E-state index contributed by atoms with van der Waals surface area (Å²) in [5, 5.41) is 12.8. The highest BCUT2D eigenvalue weighted by atomic mass is 15.1. The van der Waals surface area contributed by atoms with Crippen molar-refractivity contribution in [3.05, 3.63) is 30.1 Å². The molecule has 0 atom stereocenters. The second-order valence-corrected chi connectivity index (χ2v) is 2.33. The molecule has 0 aliphatic carbocycles. The third kappa shape index (κ3) is 2.57. The predicted octanol–water partition coefficient (Wildman–Crippen LogP) is 0.325. The first-order chi connectivity index (χ1) is 5.83. The van der Waals surface area contributed by atoms with Gasteiger partial charge in [-0.3, -0.25) is 10.4 Å². The summed E-state index contributed by atoms with van der Waals surface area (Å²) in [5.74, 6) is 0.326. The van der Waals surface area contributed by atoms with Gasteiger partial charge in [-0.25, -0.2) is 0 Å². The van der Waals surface area contributed by atoms with Crippen molar-refractivity contribution in [1.29, 1.82) is 5.41 Å². The fourth-order valence-corrected chi connectivity index (χ4v) is 0.779. The van der Waals surface area contributed by atoms with E-state index in [1.54, 1.807) is 19.4 Å². The van der Waals surface area contributed by atoms with Gasteiger partial charge in [-0.15, -0.1) is 0 Å². The molecule has 0 bridgehead atoms. The molecule has 1 heterocycles. The molecule has 0 radical (unpaired) electrons. The first-order valence-electron chi connectivity index (χ1n) is 3.72. The number of pyridine rings is 1. The van der Waals surface area contributed by atoms with Crippen molar-refractivity contribution in [2.45, 2.75) is 6.54 Å². The first-order valence-corrected chi connectivity index (χ1v) is 3.72. The molecule has 3 N–H and O–H groups in total. The zero-order valence-corrected chi connectivity index (χ0v) is 6.96. The summed E-state index contributed by atoms with van der Waals surface area (Å²) in [6.45, 7) is 0.655. The van der Waals surface area contributed by atoms with Crippen LogP contribution in [0, 0.1) is 5.41 Å². The molecule has 0 aliphatic heterocycles. The van der Waals surface area contributed by atoms with Gasteiger partial charge in [0.25, 0.3) is 0 Å². The monoisotopic (exact) mass is 164 g/mol. The maximum absolute atomic E-state index is 7.25. The average Bonchev–Trinajstić information content (AvgIpc) is 2.16. The molecule has 0 aliphatic rings. The van der Waals surface area contributed by atoms with Gasteiger partial charge in [0.05, 0.1) is 0 Å². The molecule has 0 saturated carbocycles. The zero-order chi connectivity index (χ0) is 8.81. The van der Waals surface area contributed by atoms with Crippen LogP contribution in [-0.2, 0) is 6.54 Å². The molecule has 4 heteroatoms. The van der Waals surface area contributed by atoms with E-state index < -0.39 is 0 Å². The minimum absolute atomic E-state index is 0.326. The highest BCUT2D eigenvalue weighted by Crippen LogP contribution is 1.93. The van der Waals surface area contributed by atoms with Gasteiger partial charge < -0.3 is 10.6 Å². The van der Waals surface area contributed by atoms with Crippen LogP contribution in [0.15, 0.2) is 24.5 Å². The van der Waals surface area contributed by atoms with Crippen molar-refractivity contribution in [3.63, 3.8) is 0 Å². The molecule has 0 fully saturated rings. The third-order valence-corrected chi connectivity index (χ3v) is 1.47. The Morgan fingerprint density at radius 2 is 2.17 bits per heavy atom. The Kier molecular flexibility index (Phi) is 3.07. The molecule has 12 heavy (non-hydrogen) atoms. The van der Waals surface area contributed by atoms with Crippen LogP contribution in [0.4, 0.5) is 0 Å². The number of hydrogen-bond donors (Lipinski definition) is 3. The normalized spacial score (nSPS) is 9.08. The van der Waals surface area contributed by atoms with E-state index in [0.717, 1.165) is 5.56 Å². The molecule has 0 aromatic carbocycles. The molecule has 0 amide bonds. The Balaban J connectivity index is 2.38. The number of nitrogens with one attached hydrogen (secondary N) is 3. The van der Waals surface area contributed by atoms with E-state index in [-0.39, 0.29) is 0 Å². The fourth-order valence-electron chi connectivity index (χ4n) is 0.779. The van der Waals surface area contributed by atoms with Gasteiger partial charge in [0, 0.05) is 26.0 Å². The SMILES string of the molecule is CNC(=N)NCc1ccncc1. The average molecular weight is 164 g/mol. The maximum Gasteiger partial charge on any atom is 0.188 e. The molecule has 1 aromatic heterocycles. The van der Waals surface area contributed by atoms with E-state index in [0.29, 0.717) is 12.5 Å². The van der Waals surface area contributed by atoms with Crippen LogP contribution >= 0.6 is 0 Å². The summed E-state index contributed by atoms with van der Waals surface area (Å²) in [6, 6.07) is 3.83. The molecule has 4 nitrogen and oxygen atoms in total. The number of aromatic nitrogens is 1. The number of guanidine groups is 1. The van der Waals surface area contributed by atoms with Crippen LogP contribution in [0.5, 0.6) is 0 Å². The van der Waals surface area contributed by atoms with Crippen molar-refractivity contribution in [2.24, 2.45) is 0 Å². The number of rotatable bonds is 2. The third-order valence-electron chi connectivity index (χ3n) is 1.47. The van der Waals surface area contributed by atoms with Crippen LogP contribution in [0.2, 0.25) is 0 Å². The van der Waals surface area contributed by atoms with Crippen LogP contribution in [-0.4, -0.2) is 18.0 Å². The van der Waals surface area contributed by atoms with E-state index in [1.807, 2.05) is 12.1 Å². The Morgan fingerprint density at radius 3 is 2.75 bits per heavy atom. The fraction of sp³-hybridized carbons (Fsp3) is 0.250. The van der Waals surface area contributed by atoms with Crippen molar-refractivity contribution in [2.75, 3.05) is 7.05 Å². The van der Waals surface area contributed by atoms with E-state index in [4.69, 9.17) is 5.41 Å². The van der Waals surface area contributed by atoms with E-state index in [2.05, 4.69) is 15.6 Å². The van der Waals surface area contributed by atoms with Gasteiger partial charge in [0.1, 0.15) is 0 Å². The van der Waals surface area contributed by atoms with E-state index in [9.17, 15) is 0 Å². The van der Waals surface area contributed by atoms with Gasteiger partial charge in [-0.2, -0.15) is 0 Å². The Morgan fingerprint density at radius 1 is 1.50 bits per heavy atom. The molecule has 64 valence electrons. The lowest BCUT2D eigenvalue weighted by Gasteiger charge is -2.05. The maximum atomic E-state index is 7.25. The van der Waals surface area contributed by atoms with Gasteiger partial charge in [-0.05, 0) is 17.7 Å². The smallest absolute Gasteiger partial charge is 0.188 e. The van der Waals surface area contributed by atoms with Gasteiger partial charge in [-0.1, -0.05) is 0 Å². The first kappa shape index (κ1) is 8.52. The van der Waals surface area contributed by atoms with Gasteiger partial charge >= 0.3 is 0 Å². The second kappa shape index (κ2) is 4.33. The van der Waals surface area contributed by atoms with E-state index >= 15 is 0 Å². The molecular weight excluding hydrogens is 152 g/mol. The Labute approximate surface area is 71.5 Å². The number of nitrogens with zero attached hydrogens (tertiary/aromatic N) is 1. The van der Waals surface area contributed by atoms with E-state index in [1.165, 1.54) is 0 Å². The molecule has 0 saturated heterocycles. The molecular formula is C8H12N4. The molecule has 0 unspecified atom stereocenters. The predicted molar refractivity (Wildman–Crippen MR) is 47.9 cm³/mol. The largest absolute Gasteiger partial charge is 0.360 e. The van der Waals surface area contributed by atoms with Crippen molar-refractivity contribution >= 4 is 5.96 Å². The van der Waals surface area contributed by atoms with Crippen molar-refractivity contribution in [1.82, 2.24) is 15.6 Å². The molecule has 1 rings (SSSR count). The Bertz CT molecular complexity index is 244. The van der Waals surface area contributed by atoms with Gasteiger partial charge in [0.15, 0.2) is 5.96 Å². The van der Waals surface area contributed by atoms with Crippen LogP contribution in [0.3, 0.4) is 0 Å². The van der Waals surface area contributed by atoms with Gasteiger partial charge in [0.2, 0.25) is 0 Å². The van der Waals surface area contributed by atoms with Crippen LogP contribution < -0.4 is 10.6 Å². The minimum atomic E-state index is 0.326. The van der Waals surface area contributed by atoms with Crippen LogP contribution in [0.25, 0.3) is 0 Å². The summed E-state index contributed by atoms with van der Waals surface area (Å²) < 4.78 is 0. The summed E-state index contributed by atoms with van der Waals surface area (Å²) in [5.41, 5.74) is 1.12. The summed E-state index contributed by atoms with van der Waals surface area (Å²) >= 11 is 0. The highest BCUT2D eigenvalue weighted by Gasteiger charge is 1.91. The zero-order valence-electron chi connectivity index (χ0n) is 6.96. The lowest BCUT2D eigenvalue weighted by molar-refractivity contribution is 0.859. The van der Waals surface area contributed by atoms with Crippen molar-refractivity contribution < 1.29 is 0 Å². The molecule has 1 aromatic rings. The second-order valence-electron chi connectivity index (χ2n) is 2.33. The van der Waals surface area contributed by atoms with Crippen LogP contribution in [0.1, 0.15) is 5.56 Å². The minimum Gasteiger partial charge on any atom is -0.360 e. The quantitative estimate of drug-likeness (QED) is 0.436. The summed E-state index contributed by atoms with van der Waals surface area (Å²) in [7, 11) is 1.71. The summed E-state index contributed by atoms with van der Waals surface area (Å²) in [6.07, 6.45) is 3.47. The Hall–Kier alpha value is -1.58. The lowest BCUT2D eigenvalue weighted by Crippen LogP contribution is -2.32. The molecule has 0 spiro atoms. The topological polar surface area (TPSA) is 60.8 Å².